The van der Waals surface area contributed by atoms with E-state index in [1.165, 1.54) is 0 Å². The van der Waals surface area contributed by atoms with Gasteiger partial charge in [0.2, 0.25) is 0 Å². The van der Waals surface area contributed by atoms with E-state index in [0.29, 0.717) is 0 Å². The minimum Gasteiger partial charge on any atom is -0.394 e. The monoisotopic (exact) mass is 502 g/mol. The second-order valence-electron chi connectivity index (χ2n) is 8.70. The standard InChI is InChI=1S/C19H34O15/c1-5-6(2-20)31-18(13(27)9(5)23)34-16-8(4-22)32-19(14(28)11(16)25)33-15-7(3-21)30-17(29)12(26)10(15)24/h5-29H,2-4H2,1H3/t5?,6-,7-,8-,9+,10-,11-,12?,13?,14?,15?,16?,17-,18+,19+/m1/s1. The van der Waals surface area contributed by atoms with Gasteiger partial charge in [-0.05, 0) is 0 Å². The van der Waals surface area contributed by atoms with Crippen LogP contribution < -0.4 is 0 Å². The molecule has 3 aliphatic heterocycles. The summed E-state index contributed by atoms with van der Waals surface area (Å²) in [7, 11) is 0. The van der Waals surface area contributed by atoms with Crippen molar-refractivity contribution < 1.29 is 74.7 Å². The van der Waals surface area contributed by atoms with Crippen molar-refractivity contribution in [3.8, 4) is 0 Å². The molecule has 0 bridgehead atoms. The van der Waals surface area contributed by atoms with Crippen molar-refractivity contribution in [3.63, 3.8) is 0 Å². The van der Waals surface area contributed by atoms with Crippen molar-refractivity contribution in [3.05, 3.63) is 0 Å². The molecule has 15 heteroatoms. The number of aliphatic hydroxyl groups excluding tert-OH is 10. The average molecular weight is 502 g/mol. The van der Waals surface area contributed by atoms with Gasteiger partial charge in [-0.25, -0.2) is 0 Å². The maximum atomic E-state index is 10.7. The van der Waals surface area contributed by atoms with Crippen LogP contribution in [0.2, 0.25) is 0 Å². The van der Waals surface area contributed by atoms with E-state index in [2.05, 4.69) is 0 Å². The van der Waals surface area contributed by atoms with Crippen molar-refractivity contribution >= 4 is 0 Å². The third-order valence-electron chi connectivity index (χ3n) is 6.49. The molecular formula is C19H34O15. The zero-order valence-electron chi connectivity index (χ0n) is 18.3. The molecule has 0 aliphatic carbocycles. The fraction of sp³-hybridized carbons (Fsp3) is 1.00. The first-order valence-electron chi connectivity index (χ1n) is 10.9. The normalized spacial score (nSPS) is 52.5. The van der Waals surface area contributed by atoms with Crippen LogP contribution in [0.1, 0.15) is 6.92 Å². The van der Waals surface area contributed by atoms with Crippen molar-refractivity contribution in [1.29, 1.82) is 0 Å². The van der Waals surface area contributed by atoms with E-state index >= 15 is 0 Å². The Morgan fingerprint density at radius 3 is 1.44 bits per heavy atom. The van der Waals surface area contributed by atoms with Gasteiger partial charge in [-0.3, -0.25) is 0 Å². The molecule has 3 fully saturated rings. The maximum Gasteiger partial charge on any atom is 0.187 e. The van der Waals surface area contributed by atoms with Gasteiger partial charge in [-0.2, -0.15) is 0 Å². The molecule has 10 N–H and O–H groups in total. The Morgan fingerprint density at radius 2 is 0.941 bits per heavy atom. The van der Waals surface area contributed by atoms with Crippen molar-refractivity contribution in [1.82, 2.24) is 0 Å². The largest absolute Gasteiger partial charge is 0.394 e. The third-order valence-corrected chi connectivity index (χ3v) is 6.49. The highest BCUT2D eigenvalue weighted by atomic mass is 16.7. The summed E-state index contributed by atoms with van der Waals surface area (Å²) in [5.74, 6) is -0.637. The van der Waals surface area contributed by atoms with Gasteiger partial charge in [0.1, 0.15) is 54.9 Å². The average Bonchev–Trinajstić information content (AvgIpc) is 2.83. The quantitative estimate of drug-likeness (QED) is 0.155. The first-order valence-corrected chi connectivity index (χ1v) is 10.9. The molecule has 0 aromatic carbocycles. The van der Waals surface area contributed by atoms with Gasteiger partial charge >= 0.3 is 0 Å². The molecule has 3 saturated heterocycles. The summed E-state index contributed by atoms with van der Waals surface area (Å²) in [6.45, 7) is -0.455. The zero-order valence-corrected chi connectivity index (χ0v) is 18.3. The van der Waals surface area contributed by atoms with Gasteiger partial charge in [0.15, 0.2) is 18.9 Å². The Morgan fingerprint density at radius 1 is 0.529 bits per heavy atom. The van der Waals surface area contributed by atoms with Crippen molar-refractivity contribution in [2.45, 2.75) is 92.9 Å². The summed E-state index contributed by atoms with van der Waals surface area (Å²) >= 11 is 0. The van der Waals surface area contributed by atoms with Crippen LogP contribution in [-0.2, 0) is 23.7 Å². The number of hydrogen-bond donors (Lipinski definition) is 10. The first-order chi connectivity index (χ1) is 16.0. The summed E-state index contributed by atoms with van der Waals surface area (Å²) in [5.41, 5.74) is 0. The highest BCUT2D eigenvalue weighted by Gasteiger charge is 2.52. The minimum atomic E-state index is -1.86. The zero-order chi connectivity index (χ0) is 25.3. The number of hydrogen-bond acceptors (Lipinski definition) is 15. The molecule has 0 radical (unpaired) electrons. The van der Waals surface area contributed by atoms with Crippen LogP contribution in [0.5, 0.6) is 0 Å². The predicted octanol–water partition coefficient (Wildman–Crippen LogP) is -6.30. The summed E-state index contributed by atoms with van der Waals surface area (Å²) in [6.07, 6.45) is -21.8. The van der Waals surface area contributed by atoms with E-state index in [1.54, 1.807) is 6.92 Å². The SMILES string of the molecule is CC1[C@H](O)C(O)[C@H](OC2[C@H](O)C(O)[C@H](OC3[C@H](O)C(O)[C@H](O)O[C@@H]3CO)O[C@@H]2CO)O[C@@H]1CO. The van der Waals surface area contributed by atoms with Crippen LogP contribution in [0.3, 0.4) is 0 Å². The Balaban J connectivity index is 1.72. The maximum absolute atomic E-state index is 10.7. The second kappa shape index (κ2) is 11.6. The van der Waals surface area contributed by atoms with Crippen molar-refractivity contribution in [2.75, 3.05) is 19.8 Å². The Bertz CT molecular complexity index is 635. The molecule has 15 atom stereocenters. The van der Waals surface area contributed by atoms with Crippen LogP contribution in [-0.4, -0.2) is 157 Å². The molecule has 0 aromatic rings. The lowest BCUT2D eigenvalue weighted by atomic mass is 9.91. The van der Waals surface area contributed by atoms with Crippen LogP contribution >= 0.6 is 0 Å². The van der Waals surface area contributed by atoms with Crippen LogP contribution in [0, 0.1) is 5.92 Å². The summed E-state index contributed by atoms with van der Waals surface area (Å²) in [6, 6.07) is 0. The van der Waals surface area contributed by atoms with Crippen LogP contribution in [0.25, 0.3) is 0 Å². The Labute approximate surface area is 194 Å². The lowest BCUT2D eigenvalue weighted by molar-refractivity contribution is -0.376. The lowest BCUT2D eigenvalue weighted by Gasteiger charge is -2.48. The topological polar surface area (TPSA) is 248 Å². The molecule has 3 aliphatic rings. The van der Waals surface area contributed by atoms with Crippen LogP contribution in [0.15, 0.2) is 0 Å². The van der Waals surface area contributed by atoms with Gasteiger partial charge in [0.05, 0.1) is 32.0 Å². The molecule has 0 aromatic heterocycles. The number of rotatable bonds is 7. The molecule has 0 saturated carbocycles. The molecule has 3 rings (SSSR count). The Kier molecular flexibility index (Phi) is 9.57. The van der Waals surface area contributed by atoms with Gasteiger partial charge in [0, 0.05) is 5.92 Å². The molecular weight excluding hydrogens is 468 g/mol. The van der Waals surface area contributed by atoms with E-state index in [1.807, 2.05) is 0 Å². The summed E-state index contributed by atoms with van der Waals surface area (Å²) in [5, 5.41) is 100. The second-order valence-corrected chi connectivity index (χ2v) is 8.70. The summed E-state index contributed by atoms with van der Waals surface area (Å²) < 4.78 is 26.9. The van der Waals surface area contributed by atoms with Crippen LogP contribution in [0.4, 0.5) is 0 Å². The highest BCUT2D eigenvalue weighted by molar-refractivity contribution is 4.95. The van der Waals surface area contributed by atoms with Gasteiger partial charge < -0.3 is 74.7 Å². The third kappa shape index (κ3) is 5.39. The molecule has 15 nitrogen and oxygen atoms in total. The van der Waals surface area contributed by atoms with Gasteiger partial charge in [-0.1, -0.05) is 6.92 Å². The van der Waals surface area contributed by atoms with E-state index < -0.39 is 112 Å². The molecule has 3 heterocycles. The first kappa shape index (κ1) is 28.0. The van der Waals surface area contributed by atoms with E-state index in [-0.39, 0.29) is 0 Å². The molecule has 0 spiro atoms. The summed E-state index contributed by atoms with van der Waals surface area (Å²) in [4.78, 5) is 0. The molecule has 0 amide bonds. The lowest BCUT2D eigenvalue weighted by Crippen LogP contribution is -2.66. The van der Waals surface area contributed by atoms with E-state index in [9.17, 15) is 51.1 Å². The molecule has 6 unspecified atom stereocenters. The van der Waals surface area contributed by atoms with Gasteiger partial charge in [0.25, 0.3) is 0 Å². The fourth-order valence-corrected chi connectivity index (χ4v) is 4.27. The minimum absolute atomic E-state index is 0.491. The number of ether oxygens (including phenoxy) is 5. The molecule has 34 heavy (non-hydrogen) atoms. The van der Waals surface area contributed by atoms with Crippen molar-refractivity contribution in [2.24, 2.45) is 5.92 Å². The highest BCUT2D eigenvalue weighted by Crippen LogP contribution is 2.33. The van der Waals surface area contributed by atoms with E-state index in [4.69, 9.17) is 23.7 Å². The Hall–Kier alpha value is -0.600. The predicted molar refractivity (Wildman–Crippen MR) is 104 cm³/mol. The smallest absolute Gasteiger partial charge is 0.187 e. The van der Waals surface area contributed by atoms with Gasteiger partial charge in [-0.15, -0.1) is 0 Å². The number of aliphatic hydroxyl groups is 10. The van der Waals surface area contributed by atoms with E-state index in [0.717, 1.165) is 0 Å². The molecule has 200 valence electrons. The fourth-order valence-electron chi connectivity index (χ4n) is 4.27.